The summed E-state index contributed by atoms with van der Waals surface area (Å²) in [6.45, 7) is 2.52. The lowest BCUT2D eigenvalue weighted by molar-refractivity contribution is -0.119. The molecule has 0 radical (unpaired) electrons. The highest BCUT2D eigenvalue weighted by molar-refractivity contribution is 7.92. The number of amides is 1. The van der Waals surface area contributed by atoms with E-state index in [1.54, 1.807) is 0 Å². The molecule has 0 aromatic heterocycles. The molecule has 0 atom stereocenters. The molecular formula is C21H25F2N3O3S. The first-order valence-electron chi connectivity index (χ1n) is 9.72. The number of benzene rings is 2. The SMILES string of the molecule is CS(=O)(=O)N(CC(=O)NCc1ccccc1CN1CCCC1)c1ccc(F)cc1F. The van der Waals surface area contributed by atoms with Gasteiger partial charge in [-0.2, -0.15) is 0 Å². The van der Waals surface area contributed by atoms with E-state index in [9.17, 15) is 22.0 Å². The molecular weight excluding hydrogens is 412 g/mol. The van der Waals surface area contributed by atoms with Gasteiger partial charge >= 0.3 is 0 Å². The van der Waals surface area contributed by atoms with Gasteiger partial charge in [0.1, 0.15) is 18.2 Å². The van der Waals surface area contributed by atoms with Gasteiger partial charge in [0, 0.05) is 19.2 Å². The van der Waals surface area contributed by atoms with E-state index in [0.29, 0.717) is 10.4 Å². The summed E-state index contributed by atoms with van der Waals surface area (Å²) in [7, 11) is -3.95. The van der Waals surface area contributed by atoms with Gasteiger partial charge in [0.2, 0.25) is 15.9 Å². The average Bonchev–Trinajstić information content (AvgIpc) is 3.18. The van der Waals surface area contributed by atoms with Crippen LogP contribution in [0.1, 0.15) is 24.0 Å². The molecule has 0 saturated carbocycles. The summed E-state index contributed by atoms with van der Waals surface area (Å²) in [4.78, 5) is 14.8. The number of anilines is 1. The minimum Gasteiger partial charge on any atom is -0.350 e. The Labute approximate surface area is 175 Å². The molecule has 2 aromatic carbocycles. The normalized spacial score (nSPS) is 14.6. The van der Waals surface area contributed by atoms with E-state index in [4.69, 9.17) is 0 Å². The number of carbonyl (C=O) groups is 1. The highest BCUT2D eigenvalue weighted by Crippen LogP contribution is 2.22. The maximum atomic E-state index is 14.1. The molecule has 1 fully saturated rings. The van der Waals surface area contributed by atoms with Crippen molar-refractivity contribution in [2.75, 3.05) is 30.2 Å². The van der Waals surface area contributed by atoms with E-state index in [1.807, 2.05) is 24.3 Å². The Morgan fingerprint density at radius 2 is 1.77 bits per heavy atom. The van der Waals surface area contributed by atoms with Crippen molar-refractivity contribution in [3.05, 3.63) is 65.2 Å². The lowest BCUT2D eigenvalue weighted by Crippen LogP contribution is -2.40. The second-order valence-electron chi connectivity index (χ2n) is 7.39. The summed E-state index contributed by atoms with van der Waals surface area (Å²) in [5, 5.41) is 2.71. The fourth-order valence-corrected chi connectivity index (χ4v) is 4.37. The van der Waals surface area contributed by atoms with Gasteiger partial charge in [0.05, 0.1) is 11.9 Å². The zero-order valence-corrected chi connectivity index (χ0v) is 17.6. The Bertz CT molecular complexity index is 1010. The van der Waals surface area contributed by atoms with Gasteiger partial charge in [0.15, 0.2) is 0 Å². The predicted octanol–water partition coefficient (Wildman–Crippen LogP) is 2.64. The molecule has 2 aromatic rings. The maximum absolute atomic E-state index is 14.1. The third-order valence-electron chi connectivity index (χ3n) is 5.05. The Hall–Kier alpha value is -2.52. The Morgan fingerprint density at radius 1 is 1.10 bits per heavy atom. The molecule has 1 saturated heterocycles. The van der Waals surface area contributed by atoms with Gasteiger partial charge in [-0.15, -0.1) is 0 Å². The van der Waals surface area contributed by atoms with Crippen LogP contribution in [-0.2, 0) is 27.9 Å². The predicted molar refractivity (Wildman–Crippen MR) is 111 cm³/mol. The third kappa shape index (κ3) is 5.76. The van der Waals surface area contributed by atoms with Gasteiger partial charge in [0.25, 0.3) is 0 Å². The van der Waals surface area contributed by atoms with Crippen molar-refractivity contribution in [2.24, 2.45) is 0 Å². The number of nitrogens with zero attached hydrogens (tertiary/aromatic N) is 2. The molecule has 1 heterocycles. The smallest absolute Gasteiger partial charge is 0.241 e. The van der Waals surface area contributed by atoms with Crippen LogP contribution in [0.5, 0.6) is 0 Å². The number of hydrogen-bond donors (Lipinski definition) is 1. The van der Waals surface area contributed by atoms with Crippen LogP contribution in [-0.4, -0.2) is 45.1 Å². The lowest BCUT2D eigenvalue weighted by Gasteiger charge is -2.22. The number of rotatable bonds is 8. The molecule has 1 aliphatic rings. The molecule has 0 spiro atoms. The molecule has 1 amide bonds. The topological polar surface area (TPSA) is 69.7 Å². The van der Waals surface area contributed by atoms with Crippen LogP contribution in [0.2, 0.25) is 0 Å². The van der Waals surface area contributed by atoms with Crippen LogP contribution < -0.4 is 9.62 Å². The average molecular weight is 438 g/mol. The monoisotopic (exact) mass is 437 g/mol. The molecule has 6 nitrogen and oxygen atoms in total. The first kappa shape index (κ1) is 22.2. The number of likely N-dealkylation sites (tertiary alicyclic amines) is 1. The summed E-state index contributed by atoms with van der Waals surface area (Å²) < 4.78 is 52.1. The molecule has 0 bridgehead atoms. The van der Waals surface area contributed by atoms with Crippen molar-refractivity contribution in [2.45, 2.75) is 25.9 Å². The van der Waals surface area contributed by atoms with Gasteiger partial charge < -0.3 is 5.32 Å². The van der Waals surface area contributed by atoms with E-state index in [-0.39, 0.29) is 12.2 Å². The van der Waals surface area contributed by atoms with Crippen molar-refractivity contribution in [3.63, 3.8) is 0 Å². The second-order valence-corrected chi connectivity index (χ2v) is 9.30. The highest BCUT2D eigenvalue weighted by Gasteiger charge is 2.24. The van der Waals surface area contributed by atoms with Gasteiger partial charge in [-0.3, -0.25) is 14.0 Å². The van der Waals surface area contributed by atoms with Crippen LogP contribution in [0, 0.1) is 11.6 Å². The summed E-state index contributed by atoms with van der Waals surface area (Å²) in [6.07, 6.45) is 3.23. The van der Waals surface area contributed by atoms with Crippen LogP contribution in [0.15, 0.2) is 42.5 Å². The summed E-state index contributed by atoms with van der Waals surface area (Å²) in [5.41, 5.74) is 1.67. The zero-order valence-electron chi connectivity index (χ0n) is 16.8. The largest absolute Gasteiger partial charge is 0.350 e. The van der Waals surface area contributed by atoms with Crippen molar-refractivity contribution in [1.29, 1.82) is 0 Å². The minimum atomic E-state index is -3.95. The first-order valence-corrected chi connectivity index (χ1v) is 11.6. The molecule has 30 heavy (non-hydrogen) atoms. The minimum absolute atomic E-state index is 0.229. The quantitative estimate of drug-likeness (QED) is 0.689. The fraction of sp³-hybridized carbons (Fsp3) is 0.381. The van der Waals surface area contributed by atoms with Crippen molar-refractivity contribution in [3.8, 4) is 0 Å². The van der Waals surface area contributed by atoms with Crippen LogP contribution in [0.3, 0.4) is 0 Å². The fourth-order valence-electron chi connectivity index (χ4n) is 3.51. The van der Waals surface area contributed by atoms with E-state index in [0.717, 1.165) is 49.1 Å². The standard InChI is InChI=1S/C21H25F2N3O3S/c1-30(28,29)26(20-9-8-18(22)12-19(20)23)15-21(27)24-13-16-6-2-3-7-17(16)14-25-10-4-5-11-25/h2-3,6-9,12H,4-5,10-11,13-15H2,1H3,(H,24,27). The lowest BCUT2D eigenvalue weighted by atomic mass is 10.1. The number of halogens is 2. The molecule has 0 unspecified atom stereocenters. The third-order valence-corrected chi connectivity index (χ3v) is 6.18. The zero-order chi connectivity index (χ0) is 21.7. The van der Waals surface area contributed by atoms with Crippen molar-refractivity contribution in [1.82, 2.24) is 10.2 Å². The van der Waals surface area contributed by atoms with E-state index >= 15 is 0 Å². The molecule has 0 aliphatic carbocycles. The molecule has 162 valence electrons. The Balaban J connectivity index is 1.68. The van der Waals surface area contributed by atoms with Gasteiger partial charge in [-0.25, -0.2) is 17.2 Å². The first-order chi connectivity index (χ1) is 14.2. The number of nitrogens with one attached hydrogen (secondary N) is 1. The van der Waals surface area contributed by atoms with E-state index in [2.05, 4.69) is 10.2 Å². The van der Waals surface area contributed by atoms with Crippen molar-refractivity contribution < 1.29 is 22.0 Å². The van der Waals surface area contributed by atoms with Gasteiger partial charge in [-0.05, 0) is 49.2 Å². The summed E-state index contributed by atoms with van der Waals surface area (Å²) in [6, 6.07) is 10.3. The van der Waals surface area contributed by atoms with E-state index < -0.39 is 34.1 Å². The number of hydrogen-bond acceptors (Lipinski definition) is 4. The number of sulfonamides is 1. The van der Waals surface area contributed by atoms with Crippen molar-refractivity contribution >= 4 is 21.6 Å². The Morgan fingerprint density at radius 3 is 2.40 bits per heavy atom. The maximum Gasteiger partial charge on any atom is 0.241 e. The molecule has 1 aliphatic heterocycles. The summed E-state index contributed by atoms with van der Waals surface area (Å²) >= 11 is 0. The van der Waals surface area contributed by atoms with Crippen LogP contribution in [0.25, 0.3) is 0 Å². The molecule has 3 rings (SSSR count). The second kappa shape index (κ2) is 9.53. The van der Waals surface area contributed by atoms with Crippen LogP contribution in [0.4, 0.5) is 14.5 Å². The highest BCUT2D eigenvalue weighted by atomic mass is 32.2. The summed E-state index contributed by atoms with van der Waals surface area (Å²) in [5.74, 6) is -2.46. The molecule has 1 N–H and O–H groups in total. The molecule has 9 heteroatoms. The number of carbonyl (C=O) groups excluding carboxylic acids is 1. The van der Waals surface area contributed by atoms with E-state index in [1.165, 1.54) is 12.8 Å². The van der Waals surface area contributed by atoms with Gasteiger partial charge in [-0.1, -0.05) is 24.3 Å². The Kier molecular flexibility index (Phi) is 7.04. The van der Waals surface area contributed by atoms with Crippen LogP contribution >= 0.6 is 0 Å².